The van der Waals surface area contributed by atoms with Crippen molar-refractivity contribution in [3.05, 3.63) is 56.5 Å². The van der Waals surface area contributed by atoms with Crippen LogP contribution in [-0.4, -0.2) is 11.6 Å². The van der Waals surface area contributed by atoms with Gasteiger partial charge in [0.25, 0.3) is 0 Å². The van der Waals surface area contributed by atoms with Crippen LogP contribution < -0.4 is 0 Å². The van der Waals surface area contributed by atoms with E-state index in [0.717, 1.165) is 8.96 Å². The smallest absolute Gasteiger partial charge is 0.171 e. The average molecular weight is 368 g/mol. The fraction of sp³-hybridized carbons (Fsp3) is 0.143. The van der Waals surface area contributed by atoms with E-state index < -0.39 is 0 Å². The first kappa shape index (κ1) is 12.1. The van der Waals surface area contributed by atoms with Crippen LogP contribution in [0.3, 0.4) is 0 Å². The molecule has 0 radical (unpaired) electrons. The fourth-order valence-corrected chi connectivity index (χ4v) is 3.23. The Labute approximate surface area is 121 Å². The second-order valence-electron chi connectivity index (χ2n) is 4.38. The highest BCUT2D eigenvalue weighted by Gasteiger charge is 2.40. The molecule has 0 aromatic heterocycles. The molecule has 0 amide bonds. The number of allylic oxidation sites excluding steroid dienone is 4. The minimum atomic E-state index is -0.370. The molecule has 1 aromatic rings. The third-order valence-corrected chi connectivity index (χ3v) is 4.33. The van der Waals surface area contributed by atoms with Crippen molar-refractivity contribution in [2.45, 2.75) is 0 Å². The number of benzene rings is 1. The Morgan fingerprint density at radius 2 is 1.67 bits per heavy atom. The number of fused-ring (bicyclic) bond motifs is 2. The lowest BCUT2D eigenvalue weighted by Gasteiger charge is -2.29. The maximum absolute atomic E-state index is 12.4. The van der Waals surface area contributed by atoms with E-state index in [-0.39, 0.29) is 23.4 Å². The topological polar surface area (TPSA) is 34.1 Å². The summed E-state index contributed by atoms with van der Waals surface area (Å²) in [4.78, 5) is 24.8. The highest BCUT2D eigenvalue weighted by atomic mass is 79.9. The Morgan fingerprint density at radius 3 is 2.44 bits per heavy atom. The van der Waals surface area contributed by atoms with Crippen LogP contribution in [-0.2, 0) is 0 Å². The fourth-order valence-electron chi connectivity index (χ4n) is 2.43. The minimum absolute atomic E-state index is 0.0170. The zero-order chi connectivity index (χ0) is 12.9. The molecule has 90 valence electrons. The van der Waals surface area contributed by atoms with E-state index >= 15 is 0 Å². The SMILES string of the molecule is O=C1c2ccc(Br)cc2C(=O)C2C=CC(Br)=CC12. The maximum atomic E-state index is 12.4. The molecule has 0 spiro atoms. The molecule has 2 aliphatic rings. The van der Waals surface area contributed by atoms with Gasteiger partial charge in [0.2, 0.25) is 0 Å². The molecule has 2 aliphatic carbocycles. The van der Waals surface area contributed by atoms with Gasteiger partial charge in [0, 0.05) is 20.1 Å². The zero-order valence-electron chi connectivity index (χ0n) is 9.19. The molecule has 0 aliphatic heterocycles. The highest BCUT2D eigenvalue weighted by Crippen LogP contribution is 2.37. The molecule has 1 aromatic carbocycles. The molecule has 0 fully saturated rings. The Kier molecular flexibility index (Phi) is 2.87. The Bertz CT molecular complexity index is 629. The maximum Gasteiger partial charge on any atom is 0.171 e. The van der Waals surface area contributed by atoms with Gasteiger partial charge in [-0.25, -0.2) is 0 Å². The van der Waals surface area contributed by atoms with Crippen molar-refractivity contribution in [3.63, 3.8) is 0 Å². The molecule has 0 saturated heterocycles. The van der Waals surface area contributed by atoms with Gasteiger partial charge in [0.15, 0.2) is 11.6 Å². The van der Waals surface area contributed by atoms with Gasteiger partial charge in [-0.2, -0.15) is 0 Å². The minimum Gasteiger partial charge on any atom is -0.293 e. The van der Waals surface area contributed by atoms with Crippen LogP contribution in [0.5, 0.6) is 0 Å². The summed E-state index contributed by atoms with van der Waals surface area (Å²) in [5, 5.41) is 0. The lowest BCUT2D eigenvalue weighted by molar-refractivity contribution is 0.0801. The van der Waals surface area contributed by atoms with Gasteiger partial charge >= 0.3 is 0 Å². The summed E-state index contributed by atoms with van der Waals surface area (Å²) in [6.45, 7) is 0. The van der Waals surface area contributed by atoms with E-state index in [1.54, 1.807) is 24.3 Å². The lowest BCUT2D eigenvalue weighted by atomic mass is 9.72. The number of Topliss-reactive ketones (excluding diaryl/α,β-unsaturated/α-hetero) is 2. The summed E-state index contributed by atoms with van der Waals surface area (Å²) in [7, 11) is 0. The van der Waals surface area contributed by atoms with E-state index in [0.29, 0.717) is 11.1 Å². The summed E-state index contributed by atoms with van der Waals surface area (Å²) >= 11 is 6.69. The van der Waals surface area contributed by atoms with Crippen molar-refractivity contribution in [3.8, 4) is 0 Å². The van der Waals surface area contributed by atoms with Gasteiger partial charge in [0.1, 0.15) is 0 Å². The second-order valence-corrected chi connectivity index (χ2v) is 6.21. The Morgan fingerprint density at radius 1 is 0.944 bits per heavy atom. The average Bonchev–Trinajstić information content (AvgIpc) is 2.36. The first-order valence-electron chi connectivity index (χ1n) is 5.51. The summed E-state index contributed by atoms with van der Waals surface area (Å²) in [5.74, 6) is -0.696. The van der Waals surface area contributed by atoms with Crippen LogP contribution in [0.1, 0.15) is 20.7 Å². The molecule has 3 rings (SSSR count). The molecule has 0 N–H and O–H groups in total. The lowest BCUT2D eigenvalue weighted by Crippen LogP contribution is -2.35. The first-order valence-corrected chi connectivity index (χ1v) is 7.10. The third-order valence-electron chi connectivity index (χ3n) is 3.31. The van der Waals surface area contributed by atoms with Crippen molar-refractivity contribution in [1.82, 2.24) is 0 Å². The van der Waals surface area contributed by atoms with Crippen molar-refractivity contribution < 1.29 is 9.59 Å². The summed E-state index contributed by atoms with van der Waals surface area (Å²) in [6, 6.07) is 5.24. The largest absolute Gasteiger partial charge is 0.293 e. The van der Waals surface area contributed by atoms with Crippen LogP contribution in [0.4, 0.5) is 0 Å². The number of ketones is 2. The van der Waals surface area contributed by atoms with Crippen molar-refractivity contribution in [1.29, 1.82) is 0 Å². The van der Waals surface area contributed by atoms with Gasteiger partial charge in [-0.3, -0.25) is 9.59 Å². The Hall–Kier alpha value is -1.00. The van der Waals surface area contributed by atoms with Crippen LogP contribution in [0, 0.1) is 11.8 Å². The molecule has 0 saturated carbocycles. The van der Waals surface area contributed by atoms with Crippen molar-refractivity contribution in [2.24, 2.45) is 11.8 Å². The summed E-state index contributed by atoms with van der Waals surface area (Å²) in [5.41, 5.74) is 1.04. The molecule has 4 heteroatoms. The molecular formula is C14H8Br2O2. The van der Waals surface area contributed by atoms with Crippen LogP contribution in [0.15, 0.2) is 45.4 Å². The van der Waals surface area contributed by atoms with Crippen LogP contribution in [0.25, 0.3) is 0 Å². The number of carbonyl (C=O) groups excluding carboxylic acids is 2. The van der Waals surface area contributed by atoms with Gasteiger partial charge in [-0.15, -0.1) is 0 Å². The summed E-state index contributed by atoms with van der Waals surface area (Å²) in [6.07, 6.45) is 5.45. The normalized spacial score (nSPS) is 25.6. The van der Waals surface area contributed by atoms with E-state index in [2.05, 4.69) is 31.9 Å². The van der Waals surface area contributed by atoms with Gasteiger partial charge in [-0.05, 0) is 18.2 Å². The second kappa shape index (κ2) is 4.28. The third kappa shape index (κ3) is 1.75. The van der Waals surface area contributed by atoms with E-state index in [9.17, 15) is 9.59 Å². The quantitative estimate of drug-likeness (QED) is 0.696. The van der Waals surface area contributed by atoms with Crippen LogP contribution in [0.2, 0.25) is 0 Å². The van der Waals surface area contributed by atoms with Gasteiger partial charge in [-0.1, -0.05) is 50.1 Å². The molecule has 2 atom stereocenters. The monoisotopic (exact) mass is 366 g/mol. The first-order chi connectivity index (χ1) is 8.58. The molecular weight excluding hydrogens is 360 g/mol. The van der Waals surface area contributed by atoms with Gasteiger partial charge < -0.3 is 0 Å². The van der Waals surface area contributed by atoms with Crippen molar-refractivity contribution in [2.75, 3.05) is 0 Å². The van der Waals surface area contributed by atoms with Crippen LogP contribution >= 0.6 is 31.9 Å². The molecule has 2 unspecified atom stereocenters. The van der Waals surface area contributed by atoms with E-state index in [1.807, 2.05) is 12.2 Å². The number of hydrogen-bond donors (Lipinski definition) is 0. The Balaban J connectivity index is 2.19. The van der Waals surface area contributed by atoms with E-state index in [4.69, 9.17) is 0 Å². The predicted molar refractivity (Wildman–Crippen MR) is 75.9 cm³/mol. The molecule has 0 bridgehead atoms. The summed E-state index contributed by atoms with van der Waals surface area (Å²) < 4.78 is 1.67. The predicted octanol–water partition coefficient (Wildman–Crippen LogP) is 3.91. The number of carbonyl (C=O) groups is 2. The molecule has 0 heterocycles. The van der Waals surface area contributed by atoms with Crippen molar-refractivity contribution >= 4 is 43.4 Å². The molecule has 2 nitrogen and oxygen atoms in total. The molecule has 18 heavy (non-hydrogen) atoms. The standard InChI is InChI=1S/C14H8Br2O2/c15-7-1-3-9-11(5-7)14(18)10-4-2-8(16)6-12(10)13(9)17/h1-6,9,11H. The number of rotatable bonds is 0. The number of halogens is 2. The van der Waals surface area contributed by atoms with E-state index in [1.165, 1.54) is 0 Å². The highest BCUT2D eigenvalue weighted by molar-refractivity contribution is 9.12. The number of hydrogen-bond acceptors (Lipinski definition) is 2. The van der Waals surface area contributed by atoms with Gasteiger partial charge in [0.05, 0.1) is 11.8 Å². The zero-order valence-corrected chi connectivity index (χ0v) is 12.4.